The molecule has 0 unspecified atom stereocenters. The van der Waals surface area contributed by atoms with Crippen LogP contribution in [0.4, 0.5) is 0 Å². The molecule has 8 nitrogen and oxygen atoms in total. The summed E-state index contributed by atoms with van der Waals surface area (Å²) in [6.45, 7) is 1.66. The number of nitrogens with zero attached hydrogens (tertiary/aromatic N) is 1. The third-order valence-electron chi connectivity index (χ3n) is 3.73. The lowest BCUT2D eigenvalue weighted by Gasteiger charge is -2.13. The highest BCUT2D eigenvalue weighted by molar-refractivity contribution is 7.91. The maximum Gasteiger partial charge on any atom is 0.310 e. The van der Waals surface area contributed by atoms with Gasteiger partial charge in [0, 0.05) is 11.8 Å². The summed E-state index contributed by atoms with van der Waals surface area (Å²) < 4.78 is 35.2. The van der Waals surface area contributed by atoms with Crippen molar-refractivity contribution in [2.24, 2.45) is 0 Å². The van der Waals surface area contributed by atoms with E-state index >= 15 is 0 Å². The maximum absolute atomic E-state index is 12.5. The number of aromatic nitrogens is 1. The number of nitrogens with one attached hydrogen (secondary N) is 1. The number of rotatable bonds is 7. The van der Waals surface area contributed by atoms with E-state index in [1.807, 2.05) is 0 Å². The van der Waals surface area contributed by atoms with Crippen LogP contribution in [0.5, 0.6) is 5.75 Å². The van der Waals surface area contributed by atoms with Crippen LogP contribution in [0.3, 0.4) is 0 Å². The number of aryl methyl sites for hydroxylation is 1. The summed E-state index contributed by atoms with van der Waals surface area (Å²) in [5, 5.41) is 0. The van der Waals surface area contributed by atoms with E-state index in [4.69, 9.17) is 4.74 Å². The van der Waals surface area contributed by atoms with Crippen LogP contribution in [0, 0.1) is 6.92 Å². The number of benzene rings is 1. The third kappa shape index (κ3) is 4.85. The first-order valence-corrected chi connectivity index (χ1v) is 9.32. The van der Waals surface area contributed by atoms with Gasteiger partial charge in [0.05, 0.1) is 26.4 Å². The quantitative estimate of drug-likeness (QED) is 0.718. The van der Waals surface area contributed by atoms with Gasteiger partial charge in [-0.15, -0.1) is 0 Å². The van der Waals surface area contributed by atoms with E-state index in [-0.39, 0.29) is 17.7 Å². The highest BCUT2D eigenvalue weighted by atomic mass is 32.2. The lowest BCUT2D eigenvalue weighted by Crippen LogP contribution is -2.36. The van der Waals surface area contributed by atoms with Gasteiger partial charge in [0.25, 0.3) is 5.56 Å². The first-order chi connectivity index (χ1) is 12.3. The van der Waals surface area contributed by atoms with Gasteiger partial charge in [-0.3, -0.25) is 9.59 Å². The molecular formula is C17H20N2O6S. The second-order valence-electron chi connectivity index (χ2n) is 5.60. The Labute approximate surface area is 151 Å². The van der Waals surface area contributed by atoms with Crippen LogP contribution in [0.25, 0.3) is 0 Å². The molecule has 0 aliphatic heterocycles. The van der Waals surface area contributed by atoms with Gasteiger partial charge in [-0.05, 0) is 36.2 Å². The molecule has 1 aromatic carbocycles. The van der Waals surface area contributed by atoms with Crippen molar-refractivity contribution in [3.63, 3.8) is 0 Å². The second kappa shape index (κ2) is 8.05. The van der Waals surface area contributed by atoms with Gasteiger partial charge in [0.1, 0.15) is 5.75 Å². The molecule has 26 heavy (non-hydrogen) atoms. The standard InChI is InChI=1S/C17H20N2O6S/c1-12-8-9-19(17(21)15(12)10-16(20)25-3)18-26(22,23)11-13-4-6-14(24-2)7-5-13/h4-9,18H,10-11H2,1-3H3. The number of sulfonamides is 1. The smallest absolute Gasteiger partial charge is 0.310 e. The number of carbonyl (C=O) groups excluding carboxylic acids is 1. The highest BCUT2D eigenvalue weighted by Crippen LogP contribution is 2.13. The summed E-state index contributed by atoms with van der Waals surface area (Å²) in [6, 6.07) is 8.10. The van der Waals surface area contributed by atoms with Gasteiger partial charge >= 0.3 is 5.97 Å². The number of ether oxygens (including phenoxy) is 2. The fourth-order valence-corrected chi connectivity index (χ4v) is 3.43. The summed E-state index contributed by atoms with van der Waals surface area (Å²) >= 11 is 0. The van der Waals surface area contributed by atoms with Crippen LogP contribution in [-0.2, 0) is 31.7 Å². The van der Waals surface area contributed by atoms with Crippen molar-refractivity contribution in [3.8, 4) is 5.75 Å². The summed E-state index contributed by atoms with van der Waals surface area (Å²) in [5.41, 5.74) is 0.666. The normalized spacial score (nSPS) is 11.0. The number of pyridine rings is 1. The Balaban J connectivity index is 2.24. The molecule has 0 atom stereocenters. The van der Waals surface area contributed by atoms with Crippen LogP contribution in [0.15, 0.2) is 41.3 Å². The summed E-state index contributed by atoms with van der Waals surface area (Å²) in [4.78, 5) is 26.1. The minimum absolute atomic E-state index is 0.173. The molecule has 0 spiro atoms. The second-order valence-corrected chi connectivity index (χ2v) is 7.30. The zero-order chi connectivity index (χ0) is 19.3. The van der Waals surface area contributed by atoms with Crippen molar-refractivity contribution in [3.05, 3.63) is 63.6 Å². The van der Waals surface area contributed by atoms with Gasteiger partial charge < -0.3 is 9.47 Å². The molecule has 0 aliphatic carbocycles. The van der Waals surface area contributed by atoms with Gasteiger partial charge in [0.15, 0.2) is 0 Å². The van der Waals surface area contributed by atoms with Crippen LogP contribution in [0.1, 0.15) is 16.7 Å². The van der Waals surface area contributed by atoms with Crippen LogP contribution < -0.4 is 15.1 Å². The summed E-state index contributed by atoms with van der Waals surface area (Å²) in [6.07, 6.45) is 1.08. The van der Waals surface area contributed by atoms with E-state index in [0.717, 1.165) is 4.68 Å². The molecule has 1 aromatic heterocycles. The van der Waals surface area contributed by atoms with Gasteiger partial charge in [0.2, 0.25) is 10.0 Å². The van der Waals surface area contributed by atoms with E-state index in [0.29, 0.717) is 16.9 Å². The van der Waals surface area contributed by atoms with Gasteiger partial charge in [-0.1, -0.05) is 12.1 Å². The van der Waals surface area contributed by atoms with Crippen molar-refractivity contribution in [1.82, 2.24) is 4.68 Å². The molecule has 0 radical (unpaired) electrons. The van der Waals surface area contributed by atoms with Gasteiger partial charge in [-0.25, -0.2) is 17.9 Å². The topological polar surface area (TPSA) is 104 Å². The Bertz CT molecular complexity index is 948. The SMILES string of the molecule is COC(=O)Cc1c(C)ccn(NS(=O)(=O)Cc2ccc(OC)cc2)c1=O. The van der Waals surface area contributed by atoms with E-state index < -0.39 is 21.6 Å². The predicted octanol–water partition coefficient (Wildman–Crippen LogP) is 0.954. The van der Waals surface area contributed by atoms with E-state index in [9.17, 15) is 18.0 Å². The Hall–Kier alpha value is -2.81. The molecule has 140 valence electrons. The molecule has 1 N–H and O–H groups in total. The largest absolute Gasteiger partial charge is 0.497 e. The van der Waals surface area contributed by atoms with Crippen molar-refractivity contribution in [1.29, 1.82) is 0 Å². The lowest BCUT2D eigenvalue weighted by atomic mass is 10.1. The minimum atomic E-state index is -3.84. The van der Waals surface area contributed by atoms with Crippen molar-refractivity contribution >= 4 is 16.0 Å². The molecule has 9 heteroatoms. The van der Waals surface area contributed by atoms with Crippen molar-refractivity contribution in [2.75, 3.05) is 19.1 Å². The molecule has 2 aromatic rings. The fourth-order valence-electron chi connectivity index (χ4n) is 2.30. The zero-order valence-corrected chi connectivity index (χ0v) is 15.5. The van der Waals surface area contributed by atoms with Crippen LogP contribution in [-0.4, -0.2) is 33.3 Å². The van der Waals surface area contributed by atoms with E-state index in [1.54, 1.807) is 37.3 Å². The van der Waals surface area contributed by atoms with E-state index in [1.165, 1.54) is 20.4 Å². The monoisotopic (exact) mass is 380 g/mol. The Morgan fingerprint density at radius 3 is 2.38 bits per heavy atom. The predicted molar refractivity (Wildman–Crippen MR) is 96.1 cm³/mol. The number of hydrogen-bond acceptors (Lipinski definition) is 6. The molecule has 0 saturated carbocycles. The molecular weight excluding hydrogens is 360 g/mol. The summed E-state index contributed by atoms with van der Waals surface area (Å²) in [7, 11) is -1.10. The molecule has 0 fully saturated rings. The molecule has 0 bridgehead atoms. The van der Waals surface area contributed by atoms with Gasteiger partial charge in [-0.2, -0.15) is 0 Å². The van der Waals surface area contributed by atoms with Crippen LogP contribution in [0.2, 0.25) is 0 Å². The number of esters is 1. The Morgan fingerprint density at radius 1 is 1.15 bits per heavy atom. The molecule has 0 amide bonds. The average molecular weight is 380 g/mol. The average Bonchev–Trinajstić information content (AvgIpc) is 2.61. The minimum Gasteiger partial charge on any atom is -0.497 e. The third-order valence-corrected chi connectivity index (χ3v) is 4.92. The number of carbonyl (C=O) groups is 1. The first kappa shape index (κ1) is 19.5. The number of methoxy groups -OCH3 is 2. The first-order valence-electron chi connectivity index (χ1n) is 7.67. The lowest BCUT2D eigenvalue weighted by molar-refractivity contribution is -0.139. The van der Waals surface area contributed by atoms with Crippen molar-refractivity contribution in [2.45, 2.75) is 19.1 Å². The number of hydrogen-bond donors (Lipinski definition) is 1. The van der Waals surface area contributed by atoms with Crippen LogP contribution >= 0.6 is 0 Å². The highest BCUT2D eigenvalue weighted by Gasteiger charge is 2.16. The molecule has 1 heterocycles. The zero-order valence-electron chi connectivity index (χ0n) is 14.7. The Kier molecular flexibility index (Phi) is 6.04. The summed E-state index contributed by atoms with van der Waals surface area (Å²) in [5.74, 6) is -0.283. The molecule has 0 aliphatic rings. The maximum atomic E-state index is 12.5. The molecule has 2 rings (SSSR count). The fraction of sp³-hybridized carbons (Fsp3) is 0.294. The van der Waals surface area contributed by atoms with Crippen molar-refractivity contribution < 1.29 is 22.7 Å². The van der Waals surface area contributed by atoms with E-state index in [2.05, 4.69) is 9.57 Å². The Morgan fingerprint density at radius 2 is 1.81 bits per heavy atom. The molecule has 0 saturated heterocycles.